The number of nitrogens with zero attached hydrogens (tertiary/aromatic N) is 1. The molecule has 3 rings (SSSR count). The van der Waals surface area contributed by atoms with Crippen molar-refractivity contribution in [2.24, 2.45) is 5.92 Å². The molecule has 130 valence electrons. The first-order valence-electron chi connectivity index (χ1n) is 9.66. The zero-order valence-electron chi connectivity index (χ0n) is 16.2. The third kappa shape index (κ3) is 3.41. The largest absolute Gasteiger partial charge is 0.253 e. The van der Waals surface area contributed by atoms with Crippen LogP contribution in [0.4, 0.5) is 0 Å². The zero-order chi connectivity index (χ0) is 17.7. The molecular formula is C23H33N. The number of aryl methyl sites for hydroxylation is 2. The zero-order valence-corrected chi connectivity index (χ0v) is 16.2. The molecule has 24 heavy (non-hydrogen) atoms. The number of hydrogen-bond donors (Lipinski definition) is 0. The second-order valence-electron chi connectivity index (χ2n) is 6.80. The lowest BCUT2D eigenvalue weighted by atomic mass is 9.86. The summed E-state index contributed by atoms with van der Waals surface area (Å²) in [6.07, 6.45) is 8.10. The maximum atomic E-state index is 4.71. The molecule has 1 heteroatoms. The van der Waals surface area contributed by atoms with Gasteiger partial charge in [0.2, 0.25) is 0 Å². The van der Waals surface area contributed by atoms with Crippen LogP contribution in [0, 0.1) is 12.8 Å². The van der Waals surface area contributed by atoms with Crippen LogP contribution in [0.2, 0.25) is 0 Å². The standard InChI is InChI=1S/C21H27N.C2H6/c1-5-8-11-21(14-17(21)7-3)18-9-10-20-19(13-18)16(6-2)12-15(4)22-20;1-2/h5,9-10,12-13,17H,1,6-8,11,14H2,2-4H3;1-2H3. The van der Waals surface area contributed by atoms with Crippen LogP contribution in [0.3, 0.4) is 0 Å². The van der Waals surface area contributed by atoms with Gasteiger partial charge in [-0.05, 0) is 73.3 Å². The molecule has 0 spiro atoms. The summed E-state index contributed by atoms with van der Waals surface area (Å²) in [6, 6.07) is 9.23. The average molecular weight is 324 g/mol. The van der Waals surface area contributed by atoms with Crippen molar-refractivity contribution in [1.29, 1.82) is 0 Å². The van der Waals surface area contributed by atoms with E-state index in [9.17, 15) is 0 Å². The lowest BCUT2D eigenvalue weighted by Gasteiger charge is -2.19. The molecule has 2 aromatic rings. The minimum absolute atomic E-state index is 0.396. The molecule has 1 fully saturated rings. The topological polar surface area (TPSA) is 12.9 Å². The summed E-state index contributed by atoms with van der Waals surface area (Å²) in [5, 5.41) is 1.35. The Labute approximate surface area is 148 Å². The van der Waals surface area contributed by atoms with E-state index in [0.717, 1.165) is 30.0 Å². The molecule has 0 amide bonds. The predicted molar refractivity (Wildman–Crippen MR) is 107 cm³/mol. The van der Waals surface area contributed by atoms with Gasteiger partial charge in [-0.3, -0.25) is 4.98 Å². The van der Waals surface area contributed by atoms with Crippen molar-refractivity contribution in [1.82, 2.24) is 4.98 Å². The Morgan fingerprint density at radius 1 is 1.25 bits per heavy atom. The highest BCUT2D eigenvalue weighted by Crippen LogP contribution is 2.59. The quantitative estimate of drug-likeness (QED) is 0.535. The molecular weight excluding hydrogens is 290 g/mol. The van der Waals surface area contributed by atoms with E-state index < -0.39 is 0 Å². The molecule has 1 nitrogen and oxygen atoms in total. The number of benzene rings is 1. The summed E-state index contributed by atoms with van der Waals surface area (Å²) in [7, 11) is 0. The summed E-state index contributed by atoms with van der Waals surface area (Å²) in [5.41, 5.74) is 5.61. The summed E-state index contributed by atoms with van der Waals surface area (Å²) in [4.78, 5) is 4.71. The molecule has 1 saturated carbocycles. The fourth-order valence-electron chi connectivity index (χ4n) is 4.12. The highest BCUT2D eigenvalue weighted by molar-refractivity contribution is 5.83. The van der Waals surface area contributed by atoms with E-state index >= 15 is 0 Å². The van der Waals surface area contributed by atoms with Gasteiger partial charge < -0.3 is 0 Å². The van der Waals surface area contributed by atoms with Crippen LogP contribution >= 0.6 is 0 Å². The molecule has 0 aliphatic heterocycles. The summed E-state index contributed by atoms with van der Waals surface area (Å²) < 4.78 is 0. The minimum Gasteiger partial charge on any atom is -0.253 e. The van der Waals surface area contributed by atoms with E-state index in [1.165, 1.54) is 35.8 Å². The predicted octanol–water partition coefficient (Wildman–Crippen LogP) is 6.77. The smallest absolute Gasteiger partial charge is 0.0708 e. The monoisotopic (exact) mass is 323 g/mol. The van der Waals surface area contributed by atoms with Crippen molar-refractivity contribution in [2.75, 3.05) is 0 Å². The van der Waals surface area contributed by atoms with Gasteiger partial charge in [0.25, 0.3) is 0 Å². The van der Waals surface area contributed by atoms with Crippen molar-refractivity contribution in [3.8, 4) is 0 Å². The van der Waals surface area contributed by atoms with E-state index in [2.05, 4.69) is 57.7 Å². The molecule has 1 heterocycles. The highest BCUT2D eigenvalue weighted by Gasteiger charge is 2.52. The van der Waals surface area contributed by atoms with Crippen molar-refractivity contribution >= 4 is 10.9 Å². The van der Waals surface area contributed by atoms with Gasteiger partial charge in [0.05, 0.1) is 5.52 Å². The van der Waals surface area contributed by atoms with Crippen LogP contribution < -0.4 is 0 Å². The molecule has 0 saturated heterocycles. The van der Waals surface area contributed by atoms with Gasteiger partial charge in [-0.2, -0.15) is 0 Å². The van der Waals surface area contributed by atoms with Gasteiger partial charge >= 0.3 is 0 Å². The first kappa shape index (κ1) is 18.7. The maximum Gasteiger partial charge on any atom is 0.0708 e. The van der Waals surface area contributed by atoms with E-state index in [4.69, 9.17) is 4.98 Å². The van der Waals surface area contributed by atoms with Gasteiger partial charge in [0.15, 0.2) is 0 Å². The lowest BCUT2D eigenvalue weighted by molar-refractivity contribution is 0.550. The highest BCUT2D eigenvalue weighted by atomic mass is 14.7. The number of rotatable bonds is 6. The van der Waals surface area contributed by atoms with Gasteiger partial charge in [-0.25, -0.2) is 0 Å². The number of aromatic nitrogens is 1. The molecule has 2 unspecified atom stereocenters. The van der Waals surface area contributed by atoms with Gasteiger partial charge in [0, 0.05) is 11.1 Å². The van der Waals surface area contributed by atoms with E-state index in [1.54, 1.807) is 0 Å². The summed E-state index contributed by atoms with van der Waals surface area (Å²) in [6.45, 7) is 14.6. The van der Waals surface area contributed by atoms with Crippen LogP contribution in [0.15, 0.2) is 36.9 Å². The number of fused-ring (bicyclic) bond motifs is 1. The van der Waals surface area contributed by atoms with Gasteiger partial charge in [-0.15, -0.1) is 6.58 Å². The molecule has 2 atom stereocenters. The molecule has 1 aliphatic carbocycles. The van der Waals surface area contributed by atoms with Crippen molar-refractivity contribution in [3.05, 3.63) is 53.7 Å². The first-order chi connectivity index (χ1) is 11.6. The Morgan fingerprint density at radius 2 is 2.00 bits per heavy atom. The Bertz CT molecular complexity index is 700. The number of pyridine rings is 1. The van der Waals surface area contributed by atoms with Crippen LogP contribution in [0.25, 0.3) is 10.9 Å². The molecule has 0 bridgehead atoms. The molecule has 1 aromatic heterocycles. The number of hydrogen-bond acceptors (Lipinski definition) is 1. The third-order valence-electron chi connectivity index (χ3n) is 5.50. The van der Waals surface area contributed by atoms with Crippen LogP contribution in [-0.4, -0.2) is 4.98 Å². The Morgan fingerprint density at radius 3 is 2.58 bits per heavy atom. The van der Waals surface area contributed by atoms with Crippen LogP contribution in [0.5, 0.6) is 0 Å². The molecule has 0 N–H and O–H groups in total. The van der Waals surface area contributed by atoms with Crippen molar-refractivity contribution in [2.45, 2.75) is 72.1 Å². The van der Waals surface area contributed by atoms with Crippen molar-refractivity contribution in [3.63, 3.8) is 0 Å². The summed E-state index contributed by atoms with van der Waals surface area (Å²) >= 11 is 0. The Kier molecular flexibility index (Phi) is 6.21. The Hall–Kier alpha value is -1.63. The summed E-state index contributed by atoms with van der Waals surface area (Å²) in [5.74, 6) is 0.841. The fraction of sp³-hybridized carbons (Fsp3) is 0.522. The minimum atomic E-state index is 0.396. The molecule has 0 radical (unpaired) electrons. The lowest BCUT2D eigenvalue weighted by Crippen LogP contribution is -2.10. The second kappa shape index (κ2) is 7.96. The van der Waals surface area contributed by atoms with Gasteiger partial charge in [-0.1, -0.05) is 46.3 Å². The van der Waals surface area contributed by atoms with Crippen LogP contribution in [0.1, 0.15) is 70.2 Å². The van der Waals surface area contributed by atoms with E-state index in [-0.39, 0.29) is 0 Å². The maximum absolute atomic E-state index is 4.71. The molecule has 1 aromatic carbocycles. The van der Waals surface area contributed by atoms with E-state index in [1.807, 2.05) is 13.8 Å². The first-order valence-corrected chi connectivity index (χ1v) is 9.66. The average Bonchev–Trinajstić information content (AvgIpc) is 3.35. The normalized spacial score (nSPS) is 22.0. The van der Waals surface area contributed by atoms with E-state index in [0.29, 0.717) is 5.41 Å². The fourth-order valence-corrected chi connectivity index (χ4v) is 4.12. The van der Waals surface area contributed by atoms with Gasteiger partial charge in [0.1, 0.15) is 0 Å². The SMILES string of the molecule is C=CCCC1(c2ccc3nc(C)cc(CC)c3c2)CC1CC.CC. The third-order valence-corrected chi connectivity index (χ3v) is 5.50. The van der Waals surface area contributed by atoms with Crippen molar-refractivity contribution < 1.29 is 0 Å². The second-order valence-corrected chi connectivity index (χ2v) is 6.80. The Balaban J connectivity index is 0.00000100. The number of allylic oxidation sites excluding steroid dienone is 1. The molecule has 1 aliphatic rings. The van der Waals surface area contributed by atoms with Crippen LogP contribution in [-0.2, 0) is 11.8 Å².